The van der Waals surface area contributed by atoms with Gasteiger partial charge in [0.05, 0.1) is 10.6 Å². The average Bonchev–Trinajstić information content (AvgIpc) is 2.05. The van der Waals surface area contributed by atoms with Crippen molar-refractivity contribution in [2.45, 2.75) is 11.2 Å². The maximum atomic E-state index is 12.2. The van der Waals surface area contributed by atoms with Gasteiger partial charge in [-0.3, -0.25) is 11.1 Å². The molecule has 82 valence electrons. The van der Waals surface area contributed by atoms with Gasteiger partial charge in [0.25, 0.3) is 0 Å². The van der Waals surface area contributed by atoms with Crippen molar-refractivity contribution in [3.8, 4) is 0 Å². The Morgan fingerprint density at radius 3 is 2.53 bits per heavy atom. The minimum absolute atomic E-state index is 0.0378. The monoisotopic (exact) mass is 256 g/mol. The molecular weight excluding hydrogens is 251 g/mol. The van der Waals surface area contributed by atoms with E-state index in [1.807, 2.05) is 0 Å². The highest BCUT2D eigenvalue weighted by Gasteiger charge is 2.31. The molecule has 0 radical (unpaired) electrons. The van der Waals surface area contributed by atoms with Crippen molar-refractivity contribution in [2.75, 3.05) is 0 Å². The zero-order valence-electron chi connectivity index (χ0n) is 7.18. The van der Waals surface area contributed by atoms with Gasteiger partial charge in [-0.1, -0.05) is 11.6 Å². The maximum absolute atomic E-state index is 12.2. The van der Waals surface area contributed by atoms with Crippen LogP contribution < -0.4 is 11.1 Å². The lowest BCUT2D eigenvalue weighted by Gasteiger charge is -2.07. The van der Waals surface area contributed by atoms with Crippen molar-refractivity contribution < 1.29 is 18.6 Å². The van der Waals surface area contributed by atoms with E-state index in [-0.39, 0.29) is 15.2 Å². The summed E-state index contributed by atoms with van der Waals surface area (Å²) >= 11 is 6.38. The summed E-state index contributed by atoms with van der Waals surface area (Å²) in [5.74, 6) is 0. The smallest absolute Gasteiger partial charge is 0.281 e. The topological polar surface area (TPSA) is 64.5 Å². The summed E-state index contributed by atoms with van der Waals surface area (Å²) in [7, 11) is 0. The Kier molecular flexibility index (Phi) is 3.46. The van der Waals surface area contributed by atoms with E-state index in [4.69, 9.17) is 22.7 Å². The van der Waals surface area contributed by atoms with Gasteiger partial charge in [0.2, 0.25) is 0 Å². The van der Waals surface area contributed by atoms with E-state index >= 15 is 0 Å². The lowest BCUT2D eigenvalue weighted by molar-refractivity contribution is -0.137. The first kappa shape index (κ1) is 12.1. The molecule has 0 aliphatic heterocycles. The molecule has 0 aliphatic carbocycles. The summed E-state index contributed by atoms with van der Waals surface area (Å²) in [5, 5.41) is 5.12. The van der Waals surface area contributed by atoms with Crippen LogP contribution >= 0.6 is 23.4 Å². The second-order valence-electron chi connectivity index (χ2n) is 2.51. The fourth-order valence-corrected chi connectivity index (χ4v) is 1.53. The van der Waals surface area contributed by atoms with Crippen LogP contribution in [-0.4, -0.2) is 10.2 Å². The van der Waals surface area contributed by atoms with Crippen molar-refractivity contribution in [3.05, 3.63) is 22.8 Å². The summed E-state index contributed by atoms with van der Waals surface area (Å²) in [6.07, 6.45) is -3.78. The van der Waals surface area contributed by atoms with Gasteiger partial charge in [-0.2, -0.15) is 13.2 Å². The molecular formula is C7H6ClF3N3S+. The Bertz CT molecular complexity index is 394. The van der Waals surface area contributed by atoms with E-state index in [1.54, 1.807) is 0 Å². The average molecular weight is 257 g/mol. The predicted octanol–water partition coefficient (Wildman–Crippen LogP) is 0.920. The molecule has 0 amide bonds. The number of pyridine rings is 1. The number of nitrogens with zero attached hydrogens (tertiary/aromatic N) is 1. The Hall–Kier alpha value is -0.950. The van der Waals surface area contributed by atoms with Gasteiger partial charge in [-0.25, -0.2) is 4.98 Å². The first-order valence-electron chi connectivity index (χ1n) is 3.59. The summed E-state index contributed by atoms with van der Waals surface area (Å²) in [6.45, 7) is 0. The van der Waals surface area contributed by atoms with Crippen molar-refractivity contribution in [3.63, 3.8) is 0 Å². The Morgan fingerprint density at radius 1 is 1.53 bits per heavy atom. The standard InChI is InChI=1S/C7H5ClF3N3S/c8-4-1-3(7(9,10)11)2-14-5(4)15-6(12)13/h1-2H,(H3,12,13)/p+1. The number of rotatable bonds is 1. The van der Waals surface area contributed by atoms with Crippen LogP contribution in [0.5, 0.6) is 0 Å². The molecule has 0 spiro atoms. The normalized spacial score (nSPS) is 11.5. The molecule has 1 rings (SSSR count). The van der Waals surface area contributed by atoms with Crippen LogP contribution in [0.2, 0.25) is 5.02 Å². The molecule has 8 heteroatoms. The van der Waals surface area contributed by atoms with Crippen molar-refractivity contribution in [2.24, 2.45) is 5.73 Å². The molecule has 1 aromatic heterocycles. The molecule has 1 aromatic rings. The van der Waals surface area contributed by atoms with E-state index < -0.39 is 11.7 Å². The van der Waals surface area contributed by atoms with Gasteiger partial charge in [-0.15, -0.1) is 0 Å². The molecule has 0 aromatic carbocycles. The second kappa shape index (κ2) is 4.28. The Balaban J connectivity index is 3.03. The highest BCUT2D eigenvalue weighted by atomic mass is 35.5. The predicted molar refractivity (Wildman–Crippen MR) is 51.2 cm³/mol. The van der Waals surface area contributed by atoms with Crippen molar-refractivity contribution in [1.82, 2.24) is 4.98 Å². The number of alkyl halides is 3. The van der Waals surface area contributed by atoms with Gasteiger partial charge in [-0.05, 0) is 6.07 Å². The van der Waals surface area contributed by atoms with Crippen LogP contribution in [0.3, 0.4) is 0 Å². The van der Waals surface area contributed by atoms with Crippen molar-refractivity contribution in [1.29, 1.82) is 0 Å². The van der Waals surface area contributed by atoms with E-state index in [2.05, 4.69) is 4.98 Å². The third kappa shape index (κ3) is 3.28. The summed E-state index contributed by atoms with van der Waals surface area (Å²) in [5.41, 5.74) is 4.24. The van der Waals surface area contributed by atoms with Gasteiger partial charge < -0.3 is 0 Å². The third-order valence-corrected chi connectivity index (χ3v) is 2.50. The van der Waals surface area contributed by atoms with Gasteiger partial charge >= 0.3 is 11.3 Å². The van der Waals surface area contributed by atoms with E-state index in [9.17, 15) is 13.2 Å². The van der Waals surface area contributed by atoms with Crippen molar-refractivity contribution >= 4 is 28.5 Å². The number of halogens is 4. The number of hydrogen-bond acceptors (Lipinski definition) is 2. The Labute approximate surface area is 92.3 Å². The molecule has 15 heavy (non-hydrogen) atoms. The number of hydrogen-bond donors (Lipinski definition) is 2. The Morgan fingerprint density at radius 2 is 2.13 bits per heavy atom. The molecule has 4 N–H and O–H groups in total. The highest BCUT2D eigenvalue weighted by Crippen LogP contribution is 2.33. The van der Waals surface area contributed by atoms with Crippen LogP contribution in [0, 0.1) is 0 Å². The lowest BCUT2D eigenvalue weighted by Crippen LogP contribution is -2.43. The van der Waals surface area contributed by atoms with Gasteiger partial charge in [0.15, 0.2) is 0 Å². The van der Waals surface area contributed by atoms with Gasteiger partial charge in [0, 0.05) is 18.0 Å². The zero-order valence-corrected chi connectivity index (χ0v) is 8.75. The van der Waals surface area contributed by atoms with Crippen LogP contribution in [0.1, 0.15) is 5.56 Å². The SMILES string of the molecule is NC(=[NH2+])Sc1ncc(C(F)(F)F)cc1Cl. The minimum Gasteiger partial charge on any atom is -0.281 e. The molecule has 0 bridgehead atoms. The van der Waals surface area contributed by atoms with Crippen LogP contribution in [-0.2, 0) is 6.18 Å². The quantitative estimate of drug-likeness (QED) is 0.446. The molecule has 1 heterocycles. The largest absolute Gasteiger partial charge is 0.417 e. The summed E-state index contributed by atoms with van der Waals surface area (Å²) in [4.78, 5) is 3.52. The van der Waals surface area contributed by atoms with Crippen LogP contribution in [0.4, 0.5) is 13.2 Å². The van der Waals surface area contributed by atoms with E-state index in [0.29, 0.717) is 6.20 Å². The fourth-order valence-electron chi connectivity index (χ4n) is 0.767. The zero-order chi connectivity index (χ0) is 11.6. The summed E-state index contributed by atoms with van der Waals surface area (Å²) in [6, 6.07) is 0.778. The molecule has 0 fully saturated rings. The lowest BCUT2D eigenvalue weighted by atomic mass is 10.3. The molecule has 0 atom stereocenters. The fraction of sp³-hybridized carbons (Fsp3) is 0.143. The maximum Gasteiger partial charge on any atom is 0.417 e. The number of aromatic nitrogens is 1. The molecule has 0 aliphatic rings. The number of thioether (sulfide) groups is 1. The first-order valence-corrected chi connectivity index (χ1v) is 4.78. The number of nitrogens with two attached hydrogens (primary N) is 2. The first-order chi connectivity index (χ1) is 6.80. The van der Waals surface area contributed by atoms with E-state index in [0.717, 1.165) is 17.8 Å². The molecule has 0 saturated heterocycles. The highest BCUT2D eigenvalue weighted by molar-refractivity contribution is 8.13. The minimum atomic E-state index is -4.46. The van der Waals surface area contributed by atoms with Gasteiger partial charge in [0.1, 0.15) is 5.03 Å². The summed E-state index contributed by atoms with van der Waals surface area (Å²) < 4.78 is 36.6. The second-order valence-corrected chi connectivity index (χ2v) is 3.98. The van der Waals surface area contributed by atoms with E-state index in [1.165, 1.54) is 0 Å². The van der Waals surface area contributed by atoms with Crippen LogP contribution in [0.25, 0.3) is 0 Å². The molecule has 3 nitrogen and oxygen atoms in total. The molecule has 0 unspecified atom stereocenters. The van der Waals surface area contributed by atoms with Crippen LogP contribution in [0.15, 0.2) is 17.3 Å². The number of amidine groups is 1. The molecule has 0 saturated carbocycles. The third-order valence-electron chi connectivity index (χ3n) is 1.35.